The van der Waals surface area contributed by atoms with Gasteiger partial charge in [0.05, 0.1) is 4.91 Å². The molecular formula is C15H18O2S. The minimum atomic E-state index is -0.331. The van der Waals surface area contributed by atoms with Crippen molar-refractivity contribution in [1.29, 1.82) is 0 Å². The molecular weight excluding hydrogens is 244 g/mol. The Morgan fingerprint density at radius 2 is 2.00 bits per heavy atom. The molecule has 0 spiro atoms. The Morgan fingerprint density at radius 1 is 1.33 bits per heavy atom. The average molecular weight is 262 g/mol. The molecule has 0 amide bonds. The molecule has 0 aliphatic carbocycles. The van der Waals surface area contributed by atoms with Crippen LogP contribution in [-0.4, -0.2) is 11.6 Å². The molecule has 2 nitrogen and oxygen atoms in total. The fraction of sp³-hybridized carbons (Fsp3) is 0.400. The molecule has 1 unspecified atom stereocenters. The van der Waals surface area contributed by atoms with Crippen molar-refractivity contribution in [3.63, 3.8) is 0 Å². The van der Waals surface area contributed by atoms with Crippen molar-refractivity contribution in [1.82, 2.24) is 0 Å². The Labute approximate surface area is 112 Å². The number of cyclic esters (lactones) is 1. The molecule has 0 saturated heterocycles. The van der Waals surface area contributed by atoms with Gasteiger partial charge in [-0.25, -0.2) is 4.79 Å². The summed E-state index contributed by atoms with van der Waals surface area (Å²) in [7, 11) is 0. The zero-order valence-electron chi connectivity index (χ0n) is 11.0. The summed E-state index contributed by atoms with van der Waals surface area (Å²) in [6.07, 6.45) is 1.67. The zero-order valence-corrected chi connectivity index (χ0v) is 11.8. The third-order valence-corrected chi connectivity index (χ3v) is 4.49. The second kappa shape index (κ2) is 5.19. The second-order valence-electron chi connectivity index (χ2n) is 4.89. The number of thioether (sulfide) groups is 1. The number of esters is 1. The van der Waals surface area contributed by atoms with Crippen LogP contribution in [0.5, 0.6) is 0 Å². The fourth-order valence-electron chi connectivity index (χ4n) is 2.05. The van der Waals surface area contributed by atoms with Gasteiger partial charge in [-0.05, 0) is 38.0 Å². The zero-order chi connectivity index (χ0) is 13.2. The van der Waals surface area contributed by atoms with Gasteiger partial charge in [-0.2, -0.15) is 0 Å². The van der Waals surface area contributed by atoms with Crippen molar-refractivity contribution < 1.29 is 9.53 Å². The molecule has 18 heavy (non-hydrogen) atoms. The van der Waals surface area contributed by atoms with Crippen molar-refractivity contribution in [2.75, 3.05) is 0 Å². The van der Waals surface area contributed by atoms with E-state index in [9.17, 15) is 4.79 Å². The largest absolute Gasteiger partial charge is 0.455 e. The van der Waals surface area contributed by atoms with E-state index < -0.39 is 0 Å². The van der Waals surface area contributed by atoms with Crippen molar-refractivity contribution in [2.24, 2.45) is 0 Å². The molecule has 1 aromatic rings. The SMILES string of the molecule is CCC1(C)CC(C)=C(Sc2ccccc2)C(=O)O1. The number of benzene rings is 1. The second-order valence-corrected chi connectivity index (χ2v) is 5.98. The molecule has 0 radical (unpaired) electrons. The first-order chi connectivity index (χ1) is 8.54. The smallest absolute Gasteiger partial charge is 0.345 e. The first kappa shape index (κ1) is 13.2. The summed E-state index contributed by atoms with van der Waals surface area (Å²) in [5, 5.41) is 0. The van der Waals surface area contributed by atoms with E-state index in [1.807, 2.05) is 44.2 Å². The highest BCUT2D eigenvalue weighted by Gasteiger charge is 2.35. The maximum atomic E-state index is 12.1. The Balaban J connectivity index is 2.23. The van der Waals surface area contributed by atoms with Gasteiger partial charge in [0.1, 0.15) is 5.60 Å². The van der Waals surface area contributed by atoms with Crippen LogP contribution in [0.2, 0.25) is 0 Å². The maximum absolute atomic E-state index is 12.1. The van der Waals surface area contributed by atoms with Crippen LogP contribution in [0.1, 0.15) is 33.6 Å². The quantitative estimate of drug-likeness (QED) is 0.765. The van der Waals surface area contributed by atoms with Gasteiger partial charge < -0.3 is 4.74 Å². The van der Waals surface area contributed by atoms with Gasteiger partial charge in [-0.1, -0.05) is 36.9 Å². The normalized spacial score (nSPS) is 24.1. The van der Waals surface area contributed by atoms with Gasteiger partial charge in [-0.3, -0.25) is 0 Å². The van der Waals surface area contributed by atoms with E-state index in [0.29, 0.717) is 0 Å². The third kappa shape index (κ3) is 2.78. The van der Waals surface area contributed by atoms with E-state index in [1.54, 1.807) is 0 Å². The standard InChI is InChI=1S/C15H18O2S/c1-4-15(3)10-11(2)13(14(16)17-15)18-12-8-6-5-7-9-12/h5-9H,4,10H2,1-3H3. The average Bonchev–Trinajstić information content (AvgIpc) is 2.35. The molecule has 0 fully saturated rings. The Hall–Kier alpha value is -1.22. The van der Waals surface area contributed by atoms with Crippen LogP contribution in [-0.2, 0) is 9.53 Å². The van der Waals surface area contributed by atoms with Crippen LogP contribution < -0.4 is 0 Å². The molecule has 0 bridgehead atoms. The Bertz CT molecular complexity index is 479. The van der Waals surface area contributed by atoms with Crippen LogP contribution >= 0.6 is 11.8 Å². The van der Waals surface area contributed by atoms with Gasteiger partial charge in [0.15, 0.2) is 0 Å². The molecule has 1 atom stereocenters. The lowest BCUT2D eigenvalue weighted by atomic mass is 9.92. The van der Waals surface area contributed by atoms with E-state index in [-0.39, 0.29) is 11.6 Å². The number of hydrogen-bond acceptors (Lipinski definition) is 3. The maximum Gasteiger partial charge on any atom is 0.345 e. The van der Waals surface area contributed by atoms with E-state index >= 15 is 0 Å². The predicted molar refractivity (Wildman–Crippen MR) is 74.4 cm³/mol. The monoisotopic (exact) mass is 262 g/mol. The minimum Gasteiger partial charge on any atom is -0.455 e. The van der Waals surface area contributed by atoms with Crippen LogP contribution in [0, 0.1) is 0 Å². The van der Waals surface area contributed by atoms with Gasteiger partial charge in [-0.15, -0.1) is 0 Å². The summed E-state index contributed by atoms with van der Waals surface area (Å²) in [6, 6.07) is 9.93. The topological polar surface area (TPSA) is 26.3 Å². The number of rotatable bonds is 3. The number of ether oxygens (including phenoxy) is 1. The lowest BCUT2D eigenvalue weighted by Gasteiger charge is -2.33. The van der Waals surface area contributed by atoms with Crippen molar-refractivity contribution in [3.8, 4) is 0 Å². The summed E-state index contributed by atoms with van der Waals surface area (Å²) in [5.41, 5.74) is 0.798. The highest BCUT2D eigenvalue weighted by atomic mass is 32.2. The van der Waals surface area contributed by atoms with E-state index in [4.69, 9.17) is 4.74 Å². The molecule has 1 aliphatic heterocycles. The van der Waals surface area contributed by atoms with E-state index in [2.05, 4.69) is 6.92 Å². The number of hydrogen-bond donors (Lipinski definition) is 0. The summed E-state index contributed by atoms with van der Waals surface area (Å²) < 4.78 is 5.56. The van der Waals surface area contributed by atoms with Gasteiger partial charge in [0.2, 0.25) is 0 Å². The Morgan fingerprint density at radius 3 is 2.56 bits per heavy atom. The molecule has 0 aromatic heterocycles. The lowest BCUT2D eigenvalue weighted by Crippen LogP contribution is -2.35. The summed E-state index contributed by atoms with van der Waals surface area (Å²) in [4.78, 5) is 13.9. The van der Waals surface area contributed by atoms with Crippen LogP contribution in [0.15, 0.2) is 45.7 Å². The van der Waals surface area contributed by atoms with Crippen LogP contribution in [0.3, 0.4) is 0 Å². The molecule has 0 saturated carbocycles. The van der Waals surface area contributed by atoms with Gasteiger partial charge in [0.25, 0.3) is 0 Å². The summed E-state index contributed by atoms with van der Waals surface area (Å²) >= 11 is 1.50. The van der Waals surface area contributed by atoms with E-state index in [0.717, 1.165) is 28.2 Å². The number of carbonyl (C=O) groups excluding carboxylic acids is 1. The summed E-state index contributed by atoms with van der Waals surface area (Å²) in [5.74, 6) is -0.183. The van der Waals surface area contributed by atoms with Crippen LogP contribution in [0.4, 0.5) is 0 Å². The van der Waals surface area contributed by atoms with Crippen molar-refractivity contribution in [2.45, 2.75) is 44.1 Å². The molecule has 3 heteroatoms. The highest BCUT2D eigenvalue weighted by molar-refractivity contribution is 8.04. The first-order valence-corrected chi connectivity index (χ1v) is 7.02. The van der Waals surface area contributed by atoms with Gasteiger partial charge >= 0.3 is 5.97 Å². The third-order valence-electron chi connectivity index (χ3n) is 3.26. The lowest BCUT2D eigenvalue weighted by molar-refractivity contribution is -0.154. The van der Waals surface area contributed by atoms with Crippen LogP contribution in [0.25, 0.3) is 0 Å². The molecule has 96 valence electrons. The van der Waals surface area contributed by atoms with Crippen molar-refractivity contribution >= 4 is 17.7 Å². The van der Waals surface area contributed by atoms with Gasteiger partial charge in [0, 0.05) is 11.3 Å². The molecule has 1 heterocycles. The Kier molecular flexibility index (Phi) is 3.81. The number of carbonyl (C=O) groups is 1. The molecule has 1 aromatic carbocycles. The molecule has 1 aliphatic rings. The predicted octanol–water partition coefficient (Wildman–Crippen LogP) is 4.17. The highest BCUT2D eigenvalue weighted by Crippen LogP contribution is 2.39. The van der Waals surface area contributed by atoms with E-state index in [1.165, 1.54) is 11.8 Å². The molecule has 0 N–H and O–H groups in total. The minimum absolute atomic E-state index is 0.183. The molecule has 2 rings (SSSR count). The van der Waals surface area contributed by atoms with Crippen molar-refractivity contribution in [3.05, 3.63) is 40.8 Å². The fourth-order valence-corrected chi connectivity index (χ4v) is 2.95. The summed E-state index contributed by atoms with van der Waals surface area (Å²) in [6.45, 7) is 6.08. The first-order valence-electron chi connectivity index (χ1n) is 6.20.